The monoisotopic (exact) mass is 364 g/mol. The summed E-state index contributed by atoms with van der Waals surface area (Å²) in [5.74, 6) is -1.24. The fourth-order valence-electron chi connectivity index (χ4n) is 2.28. The van der Waals surface area contributed by atoms with Crippen molar-refractivity contribution in [2.75, 3.05) is 0 Å². The summed E-state index contributed by atoms with van der Waals surface area (Å²) in [5.41, 5.74) is 2.56. The maximum absolute atomic E-state index is 12.1. The molecule has 0 aromatic heterocycles. The fourth-order valence-corrected chi connectivity index (χ4v) is 3.06. The lowest BCUT2D eigenvalue weighted by Gasteiger charge is -2.03. The fraction of sp³-hybridized carbons (Fsp3) is 0.0500. The van der Waals surface area contributed by atoms with Gasteiger partial charge in [0.15, 0.2) is 5.17 Å². The summed E-state index contributed by atoms with van der Waals surface area (Å²) in [6, 6.07) is 14.5. The standard InChI is InChI=1S/C20H16N2O3S/c1-13-10-11-15(19(24)25)12-16(13)21-20-22-18(23)17(26-20)9-5-8-14-6-3-2-4-7-14/h2-12H,1H3,(H,24,25)(H,21,22,23). The molecule has 0 bridgehead atoms. The summed E-state index contributed by atoms with van der Waals surface area (Å²) >= 11 is 1.22. The average molecular weight is 364 g/mol. The van der Waals surface area contributed by atoms with Crippen LogP contribution in [0.2, 0.25) is 0 Å². The van der Waals surface area contributed by atoms with Crippen molar-refractivity contribution in [3.8, 4) is 0 Å². The largest absolute Gasteiger partial charge is 0.478 e. The molecule has 0 atom stereocenters. The van der Waals surface area contributed by atoms with E-state index in [0.717, 1.165) is 11.1 Å². The Bertz CT molecular complexity index is 947. The molecule has 0 unspecified atom stereocenters. The number of nitrogens with zero attached hydrogens (tertiary/aromatic N) is 1. The maximum Gasteiger partial charge on any atom is 0.335 e. The molecule has 1 saturated heterocycles. The van der Waals surface area contributed by atoms with E-state index in [1.54, 1.807) is 12.1 Å². The van der Waals surface area contributed by atoms with Gasteiger partial charge in [-0.15, -0.1) is 0 Å². The lowest BCUT2D eigenvalue weighted by molar-refractivity contribution is -0.115. The Balaban J connectivity index is 1.78. The zero-order valence-corrected chi connectivity index (χ0v) is 14.8. The zero-order chi connectivity index (χ0) is 18.5. The van der Waals surface area contributed by atoms with Gasteiger partial charge in [-0.1, -0.05) is 48.6 Å². The minimum atomic E-state index is -1.01. The van der Waals surface area contributed by atoms with E-state index in [0.29, 0.717) is 15.8 Å². The number of carbonyl (C=O) groups is 2. The highest BCUT2D eigenvalue weighted by Crippen LogP contribution is 2.28. The van der Waals surface area contributed by atoms with Crippen LogP contribution >= 0.6 is 11.8 Å². The number of rotatable bonds is 4. The predicted octanol–water partition coefficient (Wildman–Crippen LogP) is 4.14. The normalized spacial score (nSPS) is 17.2. The van der Waals surface area contributed by atoms with Gasteiger partial charge in [0.05, 0.1) is 16.2 Å². The molecule has 2 aromatic rings. The Hall–Kier alpha value is -3.12. The summed E-state index contributed by atoms with van der Waals surface area (Å²) in [5, 5.41) is 12.2. The Morgan fingerprint density at radius 1 is 1.19 bits per heavy atom. The van der Waals surface area contributed by atoms with Crippen LogP contribution < -0.4 is 5.32 Å². The molecule has 130 valence electrons. The molecular weight excluding hydrogens is 348 g/mol. The van der Waals surface area contributed by atoms with Crippen LogP contribution in [0.1, 0.15) is 21.5 Å². The first-order chi connectivity index (χ1) is 12.5. The van der Waals surface area contributed by atoms with Crippen molar-refractivity contribution >= 4 is 40.6 Å². The Morgan fingerprint density at radius 3 is 2.69 bits per heavy atom. The second kappa shape index (κ2) is 7.84. The number of amidine groups is 1. The molecule has 26 heavy (non-hydrogen) atoms. The van der Waals surface area contributed by atoms with Crippen LogP contribution in [0.5, 0.6) is 0 Å². The van der Waals surface area contributed by atoms with Crippen molar-refractivity contribution < 1.29 is 14.7 Å². The quantitative estimate of drug-likeness (QED) is 0.799. The number of aliphatic imine (C=N–C) groups is 1. The van der Waals surface area contributed by atoms with Gasteiger partial charge in [0, 0.05) is 0 Å². The number of aromatic carboxylic acids is 1. The number of nitrogens with one attached hydrogen (secondary N) is 1. The van der Waals surface area contributed by atoms with E-state index < -0.39 is 5.97 Å². The Labute approximate surface area is 155 Å². The topological polar surface area (TPSA) is 78.8 Å². The minimum Gasteiger partial charge on any atom is -0.478 e. The molecule has 0 saturated carbocycles. The molecule has 0 spiro atoms. The maximum atomic E-state index is 12.1. The molecule has 1 aliphatic rings. The summed E-state index contributed by atoms with van der Waals surface area (Å²) < 4.78 is 0. The summed E-state index contributed by atoms with van der Waals surface area (Å²) in [6.45, 7) is 1.84. The highest BCUT2D eigenvalue weighted by Gasteiger charge is 2.23. The van der Waals surface area contributed by atoms with E-state index in [1.165, 1.54) is 23.9 Å². The lowest BCUT2D eigenvalue weighted by atomic mass is 10.1. The highest BCUT2D eigenvalue weighted by molar-refractivity contribution is 8.18. The van der Waals surface area contributed by atoms with Crippen molar-refractivity contribution in [3.63, 3.8) is 0 Å². The number of aryl methyl sites for hydroxylation is 1. The van der Waals surface area contributed by atoms with Crippen LogP contribution in [-0.4, -0.2) is 22.2 Å². The van der Waals surface area contributed by atoms with Gasteiger partial charge in [-0.25, -0.2) is 9.79 Å². The third-order valence-corrected chi connectivity index (χ3v) is 4.59. The SMILES string of the molecule is Cc1ccc(C(=O)O)cc1N=C1NC(=O)C(=CC=Cc2ccccc2)S1. The molecule has 1 aliphatic heterocycles. The van der Waals surface area contributed by atoms with Gasteiger partial charge in [0.2, 0.25) is 0 Å². The molecule has 1 fully saturated rings. The Kier molecular flexibility index (Phi) is 5.34. The van der Waals surface area contributed by atoms with Crippen LogP contribution in [0.4, 0.5) is 5.69 Å². The molecule has 1 amide bonds. The number of amides is 1. The van der Waals surface area contributed by atoms with Crippen molar-refractivity contribution in [2.45, 2.75) is 6.92 Å². The molecule has 3 rings (SSSR count). The minimum absolute atomic E-state index is 0.158. The highest BCUT2D eigenvalue weighted by atomic mass is 32.2. The number of hydrogen-bond acceptors (Lipinski definition) is 4. The van der Waals surface area contributed by atoms with E-state index in [9.17, 15) is 9.59 Å². The number of carboxylic acids is 1. The average Bonchev–Trinajstić information content (AvgIpc) is 2.97. The number of allylic oxidation sites excluding steroid dienone is 2. The molecule has 0 radical (unpaired) electrons. The van der Waals surface area contributed by atoms with E-state index >= 15 is 0 Å². The molecule has 6 heteroatoms. The first kappa shape index (κ1) is 17.7. The van der Waals surface area contributed by atoms with E-state index in [4.69, 9.17) is 5.11 Å². The van der Waals surface area contributed by atoms with Crippen LogP contribution in [-0.2, 0) is 4.79 Å². The van der Waals surface area contributed by atoms with Crippen LogP contribution in [0.25, 0.3) is 6.08 Å². The van der Waals surface area contributed by atoms with Crippen LogP contribution in [0.3, 0.4) is 0 Å². The van der Waals surface area contributed by atoms with Crippen LogP contribution in [0.15, 0.2) is 70.6 Å². The summed E-state index contributed by atoms with van der Waals surface area (Å²) in [6.07, 6.45) is 5.46. The van der Waals surface area contributed by atoms with Gasteiger partial charge in [0.25, 0.3) is 5.91 Å². The van der Waals surface area contributed by atoms with Crippen molar-refractivity contribution in [2.24, 2.45) is 4.99 Å². The third kappa shape index (κ3) is 4.29. The lowest BCUT2D eigenvalue weighted by Crippen LogP contribution is -2.19. The number of carboxylic acid groups (broad SMARTS) is 1. The second-order valence-electron chi connectivity index (χ2n) is 5.58. The number of carbonyl (C=O) groups excluding carboxylic acids is 1. The van der Waals surface area contributed by atoms with Crippen molar-refractivity contribution in [1.29, 1.82) is 0 Å². The first-order valence-electron chi connectivity index (χ1n) is 7.88. The molecule has 2 N–H and O–H groups in total. The molecular formula is C20H16N2O3S. The summed E-state index contributed by atoms with van der Waals surface area (Å²) in [7, 11) is 0. The molecule has 1 heterocycles. The molecule has 5 nitrogen and oxygen atoms in total. The number of hydrogen-bond donors (Lipinski definition) is 2. The van der Waals surface area contributed by atoms with E-state index in [2.05, 4.69) is 10.3 Å². The van der Waals surface area contributed by atoms with E-state index in [-0.39, 0.29) is 11.5 Å². The Morgan fingerprint density at radius 2 is 1.96 bits per heavy atom. The number of benzene rings is 2. The van der Waals surface area contributed by atoms with E-state index in [1.807, 2.05) is 49.4 Å². The van der Waals surface area contributed by atoms with Gasteiger partial charge in [0.1, 0.15) is 0 Å². The van der Waals surface area contributed by atoms with Crippen LogP contribution in [0, 0.1) is 6.92 Å². The molecule has 2 aromatic carbocycles. The second-order valence-corrected chi connectivity index (χ2v) is 6.61. The predicted molar refractivity (Wildman–Crippen MR) is 105 cm³/mol. The van der Waals surface area contributed by atoms with Crippen molar-refractivity contribution in [1.82, 2.24) is 5.32 Å². The third-order valence-electron chi connectivity index (χ3n) is 3.66. The smallest absolute Gasteiger partial charge is 0.335 e. The van der Waals surface area contributed by atoms with Gasteiger partial charge >= 0.3 is 5.97 Å². The summed E-state index contributed by atoms with van der Waals surface area (Å²) in [4.78, 5) is 28.1. The van der Waals surface area contributed by atoms with Crippen molar-refractivity contribution in [3.05, 3.63) is 82.3 Å². The molecule has 0 aliphatic carbocycles. The van der Waals surface area contributed by atoms with Gasteiger partial charge in [-0.2, -0.15) is 0 Å². The van der Waals surface area contributed by atoms with Gasteiger partial charge < -0.3 is 10.4 Å². The van der Waals surface area contributed by atoms with Gasteiger partial charge in [-0.05, 0) is 48.0 Å². The number of thioether (sulfide) groups is 1. The first-order valence-corrected chi connectivity index (χ1v) is 8.70. The van der Waals surface area contributed by atoms with Gasteiger partial charge in [-0.3, -0.25) is 4.79 Å². The zero-order valence-electron chi connectivity index (χ0n) is 14.0.